The molecule has 0 aliphatic carbocycles. The number of hydrogen-bond donors (Lipinski definition) is 0. The van der Waals surface area contributed by atoms with E-state index in [0.717, 1.165) is 11.1 Å². The predicted octanol–water partition coefficient (Wildman–Crippen LogP) is 2.90. The van der Waals surface area contributed by atoms with Crippen LogP contribution in [0.3, 0.4) is 0 Å². The van der Waals surface area contributed by atoms with Crippen LogP contribution in [0.25, 0.3) is 0 Å². The summed E-state index contributed by atoms with van der Waals surface area (Å²) in [5.41, 5.74) is 3.01. The van der Waals surface area contributed by atoms with Crippen LogP contribution in [0.15, 0.2) is 18.2 Å². The number of terminal acetylenes is 1. The molecule has 0 radical (unpaired) electrons. The Kier molecular flexibility index (Phi) is 3.48. The first-order chi connectivity index (χ1) is 6.65. The van der Waals surface area contributed by atoms with E-state index in [9.17, 15) is 4.79 Å². The fourth-order valence-electron chi connectivity index (χ4n) is 1.45. The molecule has 0 bridgehead atoms. The molecule has 0 saturated heterocycles. The molecule has 0 N–H and O–H groups in total. The normalized spacial score (nSPS) is 9.50. The molecule has 0 atom stereocenters. The molecule has 0 spiro atoms. The summed E-state index contributed by atoms with van der Waals surface area (Å²) < 4.78 is 0. The van der Waals surface area contributed by atoms with E-state index in [-0.39, 0.29) is 5.78 Å². The summed E-state index contributed by atoms with van der Waals surface area (Å²) in [7, 11) is 0. The lowest BCUT2D eigenvalue weighted by Crippen LogP contribution is -2.01. The molecule has 1 rings (SSSR count). The average molecular weight is 186 g/mol. The fraction of sp³-hybridized carbons (Fsp3) is 0.308. The Balaban J connectivity index is 2.86. The van der Waals surface area contributed by atoms with Gasteiger partial charge in [0.05, 0.1) is 0 Å². The summed E-state index contributed by atoms with van der Waals surface area (Å²) in [6.45, 7) is 3.97. The Morgan fingerprint density at radius 2 is 2.14 bits per heavy atom. The number of aryl methyl sites for hydroxylation is 2. The van der Waals surface area contributed by atoms with Crippen molar-refractivity contribution in [1.82, 2.24) is 0 Å². The third-order valence-corrected chi connectivity index (χ3v) is 2.18. The van der Waals surface area contributed by atoms with E-state index >= 15 is 0 Å². The number of ketones is 1. The van der Waals surface area contributed by atoms with Crippen LogP contribution < -0.4 is 0 Å². The van der Waals surface area contributed by atoms with Gasteiger partial charge >= 0.3 is 0 Å². The SMILES string of the molecule is C#CCCC(=O)c1ccc(C)cc1C. The predicted molar refractivity (Wildman–Crippen MR) is 58.3 cm³/mol. The molecular formula is C13H14O. The van der Waals surface area contributed by atoms with Gasteiger partial charge in [-0.25, -0.2) is 0 Å². The summed E-state index contributed by atoms with van der Waals surface area (Å²) in [6.07, 6.45) is 6.08. The molecule has 1 heteroatoms. The van der Waals surface area contributed by atoms with Crippen LogP contribution in [-0.4, -0.2) is 5.78 Å². The number of rotatable bonds is 3. The van der Waals surface area contributed by atoms with Gasteiger partial charge in [-0.1, -0.05) is 23.8 Å². The van der Waals surface area contributed by atoms with Crippen molar-refractivity contribution in [3.8, 4) is 12.3 Å². The fourth-order valence-corrected chi connectivity index (χ4v) is 1.45. The van der Waals surface area contributed by atoms with Crippen molar-refractivity contribution in [1.29, 1.82) is 0 Å². The highest BCUT2D eigenvalue weighted by Crippen LogP contribution is 2.13. The number of carbonyl (C=O) groups excluding carboxylic acids is 1. The molecule has 14 heavy (non-hydrogen) atoms. The van der Waals surface area contributed by atoms with Crippen molar-refractivity contribution in [3.63, 3.8) is 0 Å². The second-order valence-corrected chi connectivity index (χ2v) is 3.45. The number of Topliss-reactive ketones (excluding diaryl/α,β-unsaturated/α-hetero) is 1. The summed E-state index contributed by atoms with van der Waals surface area (Å²) in [5.74, 6) is 2.62. The molecule has 1 aromatic carbocycles. The van der Waals surface area contributed by atoms with Crippen molar-refractivity contribution in [2.45, 2.75) is 26.7 Å². The molecule has 0 heterocycles. The minimum atomic E-state index is 0.139. The standard InChI is InChI=1S/C13H14O/c1-4-5-6-13(14)12-8-7-10(2)9-11(12)3/h1,7-9H,5-6H2,2-3H3. The van der Waals surface area contributed by atoms with Crippen LogP contribution in [-0.2, 0) is 0 Å². The first-order valence-corrected chi connectivity index (χ1v) is 4.69. The zero-order valence-electron chi connectivity index (χ0n) is 8.63. The maximum Gasteiger partial charge on any atom is 0.164 e. The molecule has 0 unspecified atom stereocenters. The maximum atomic E-state index is 11.6. The number of benzene rings is 1. The molecule has 0 saturated carbocycles. The van der Waals surface area contributed by atoms with Gasteiger partial charge in [0.1, 0.15) is 0 Å². The maximum absolute atomic E-state index is 11.6. The van der Waals surface area contributed by atoms with E-state index < -0.39 is 0 Å². The molecule has 72 valence electrons. The minimum Gasteiger partial charge on any atom is -0.294 e. The second-order valence-electron chi connectivity index (χ2n) is 3.45. The van der Waals surface area contributed by atoms with E-state index in [2.05, 4.69) is 5.92 Å². The second kappa shape index (κ2) is 4.62. The topological polar surface area (TPSA) is 17.1 Å². The molecular weight excluding hydrogens is 172 g/mol. The van der Waals surface area contributed by atoms with Crippen molar-refractivity contribution in [2.24, 2.45) is 0 Å². The van der Waals surface area contributed by atoms with Crippen LogP contribution in [0.2, 0.25) is 0 Å². The Bertz CT molecular complexity index is 383. The van der Waals surface area contributed by atoms with Gasteiger partial charge in [-0.05, 0) is 19.4 Å². The van der Waals surface area contributed by atoms with Crippen LogP contribution in [0, 0.1) is 26.2 Å². The van der Waals surface area contributed by atoms with Crippen LogP contribution in [0.1, 0.15) is 34.3 Å². The Hall–Kier alpha value is -1.55. The summed E-state index contributed by atoms with van der Waals surface area (Å²) in [4.78, 5) is 11.6. The van der Waals surface area contributed by atoms with Gasteiger partial charge < -0.3 is 0 Å². The first-order valence-electron chi connectivity index (χ1n) is 4.69. The Labute approximate surface area is 85.1 Å². The van der Waals surface area contributed by atoms with Gasteiger partial charge in [-0.3, -0.25) is 4.79 Å². The lowest BCUT2D eigenvalue weighted by molar-refractivity contribution is 0.0984. The van der Waals surface area contributed by atoms with Crippen molar-refractivity contribution in [3.05, 3.63) is 34.9 Å². The smallest absolute Gasteiger partial charge is 0.164 e. The van der Waals surface area contributed by atoms with Crippen molar-refractivity contribution < 1.29 is 4.79 Å². The van der Waals surface area contributed by atoms with Crippen molar-refractivity contribution >= 4 is 5.78 Å². The molecule has 1 aromatic rings. The number of hydrogen-bond acceptors (Lipinski definition) is 1. The lowest BCUT2D eigenvalue weighted by Gasteiger charge is -2.04. The van der Waals surface area contributed by atoms with Gasteiger partial charge in [-0.2, -0.15) is 0 Å². The van der Waals surface area contributed by atoms with Gasteiger partial charge in [0.2, 0.25) is 0 Å². The quantitative estimate of drug-likeness (QED) is 0.524. The molecule has 0 amide bonds. The van der Waals surface area contributed by atoms with Gasteiger partial charge in [-0.15, -0.1) is 12.3 Å². The number of carbonyl (C=O) groups is 1. The third-order valence-electron chi connectivity index (χ3n) is 2.18. The molecule has 0 aromatic heterocycles. The molecule has 0 fully saturated rings. The monoisotopic (exact) mass is 186 g/mol. The lowest BCUT2D eigenvalue weighted by atomic mass is 10.00. The Morgan fingerprint density at radius 1 is 1.43 bits per heavy atom. The Morgan fingerprint density at radius 3 is 2.71 bits per heavy atom. The molecule has 0 aliphatic heterocycles. The van der Waals surface area contributed by atoms with Crippen molar-refractivity contribution in [2.75, 3.05) is 0 Å². The van der Waals surface area contributed by atoms with E-state index in [1.165, 1.54) is 5.56 Å². The molecule has 0 aliphatic rings. The zero-order valence-corrected chi connectivity index (χ0v) is 8.63. The van der Waals surface area contributed by atoms with E-state index in [1.54, 1.807) is 0 Å². The van der Waals surface area contributed by atoms with Crippen LogP contribution >= 0.6 is 0 Å². The molecule has 1 nitrogen and oxygen atoms in total. The van der Waals surface area contributed by atoms with Crippen LogP contribution in [0.4, 0.5) is 0 Å². The van der Waals surface area contributed by atoms with Gasteiger partial charge in [0.15, 0.2) is 5.78 Å². The minimum absolute atomic E-state index is 0.139. The highest BCUT2D eigenvalue weighted by atomic mass is 16.1. The highest BCUT2D eigenvalue weighted by molar-refractivity contribution is 5.97. The van der Waals surface area contributed by atoms with Gasteiger partial charge in [0.25, 0.3) is 0 Å². The van der Waals surface area contributed by atoms with Gasteiger partial charge in [0, 0.05) is 18.4 Å². The van der Waals surface area contributed by atoms with E-state index in [1.807, 2.05) is 32.0 Å². The highest BCUT2D eigenvalue weighted by Gasteiger charge is 2.07. The summed E-state index contributed by atoms with van der Waals surface area (Å²) >= 11 is 0. The third kappa shape index (κ3) is 2.47. The van der Waals surface area contributed by atoms with Crippen LogP contribution in [0.5, 0.6) is 0 Å². The zero-order chi connectivity index (χ0) is 10.6. The largest absolute Gasteiger partial charge is 0.294 e. The summed E-state index contributed by atoms with van der Waals surface area (Å²) in [6, 6.07) is 5.85. The first kappa shape index (κ1) is 10.5. The summed E-state index contributed by atoms with van der Waals surface area (Å²) in [5, 5.41) is 0. The van der Waals surface area contributed by atoms with E-state index in [4.69, 9.17) is 6.42 Å². The van der Waals surface area contributed by atoms with E-state index in [0.29, 0.717) is 12.8 Å². The average Bonchev–Trinajstić information content (AvgIpc) is 2.14.